The van der Waals surface area contributed by atoms with E-state index < -0.39 is 7.75 Å². The minimum atomic E-state index is -3.66. The van der Waals surface area contributed by atoms with E-state index in [9.17, 15) is 4.57 Å². The molecule has 0 aromatic heterocycles. The van der Waals surface area contributed by atoms with Crippen molar-refractivity contribution >= 4 is 13.4 Å². The highest BCUT2D eigenvalue weighted by molar-refractivity contribution is 7.55. The summed E-state index contributed by atoms with van der Waals surface area (Å²) in [5.41, 5.74) is 3.01. The SMILES string of the molecule is CC(C)CCC[C@@H](C)[C@H]1CCC2C3CC=C4CC(OP(=O)(Nc5ccccc5)Oc5ccccc5)CC[C@]4(C)C3CC[C@@]21C. The van der Waals surface area contributed by atoms with Gasteiger partial charge in [0.1, 0.15) is 5.75 Å². The van der Waals surface area contributed by atoms with Crippen molar-refractivity contribution in [2.24, 2.45) is 46.3 Å². The fourth-order valence-electron chi connectivity index (χ4n) is 10.3. The third-order valence-electron chi connectivity index (χ3n) is 12.6. The van der Waals surface area contributed by atoms with Gasteiger partial charge in [-0.2, -0.15) is 0 Å². The van der Waals surface area contributed by atoms with E-state index in [0.29, 0.717) is 11.2 Å². The summed E-state index contributed by atoms with van der Waals surface area (Å²) in [6.45, 7) is 12.5. The van der Waals surface area contributed by atoms with Crippen LogP contribution in [0.5, 0.6) is 5.75 Å². The van der Waals surface area contributed by atoms with Crippen molar-refractivity contribution < 1.29 is 13.6 Å². The van der Waals surface area contributed by atoms with E-state index in [0.717, 1.165) is 60.5 Å². The van der Waals surface area contributed by atoms with Crippen LogP contribution in [0.2, 0.25) is 0 Å². The number of rotatable bonds is 11. The quantitative estimate of drug-likeness (QED) is 0.201. The third-order valence-corrected chi connectivity index (χ3v) is 14.1. The molecule has 240 valence electrons. The normalized spacial score (nSPS) is 35.0. The van der Waals surface area contributed by atoms with Crippen molar-refractivity contribution in [2.75, 3.05) is 5.09 Å². The zero-order valence-electron chi connectivity index (χ0n) is 27.8. The second kappa shape index (κ2) is 13.0. The topological polar surface area (TPSA) is 47.6 Å². The number of hydrogen-bond donors (Lipinski definition) is 1. The highest BCUT2D eigenvalue weighted by atomic mass is 31.2. The molecule has 6 rings (SSSR count). The Hall–Kier alpha value is -2.03. The van der Waals surface area contributed by atoms with Crippen molar-refractivity contribution in [1.82, 2.24) is 0 Å². The molecule has 5 unspecified atom stereocenters. The predicted octanol–water partition coefficient (Wildman–Crippen LogP) is 11.7. The Morgan fingerprint density at radius 2 is 1.61 bits per heavy atom. The zero-order chi connectivity index (χ0) is 31.0. The van der Waals surface area contributed by atoms with Gasteiger partial charge in [-0.05, 0) is 122 Å². The molecular formula is C39H56NO3P. The number of nitrogens with one attached hydrogen (secondary N) is 1. The lowest BCUT2D eigenvalue weighted by Gasteiger charge is -2.58. The summed E-state index contributed by atoms with van der Waals surface area (Å²) >= 11 is 0. The Morgan fingerprint density at radius 1 is 0.886 bits per heavy atom. The Labute approximate surface area is 267 Å². The fourth-order valence-corrected chi connectivity index (χ4v) is 11.9. The maximum absolute atomic E-state index is 14.3. The first kappa shape index (κ1) is 31.9. The van der Waals surface area contributed by atoms with Gasteiger partial charge in [-0.25, -0.2) is 4.57 Å². The number of hydrogen-bond acceptors (Lipinski definition) is 3. The van der Waals surface area contributed by atoms with Crippen LogP contribution >= 0.6 is 7.75 Å². The molecule has 0 radical (unpaired) electrons. The highest BCUT2D eigenvalue weighted by Gasteiger charge is 2.59. The van der Waals surface area contributed by atoms with Gasteiger partial charge in [0.2, 0.25) is 0 Å². The minimum Gasteiger partial charge on any atom is -0.409 e. The Morgan fingerprint density at radius 3 is 2.34 bits per heavy atom. The molecule has 3 fully saturated rings. The summed E-state index contributed by atoms with van der Waals surface area (Å²) in [4.78, 5) is 0. The summed E-state index contributed by atoms with van der Waals surface area (Å²) in [7, 11) is -3.66. The monoisotopic (exact) mass is 617 g/mol. The van der Waals surface area contributed by atoms with Crippen LogP contribution in [0.25, 0.3) is 0 Å². The summed E-state index contributed by atoms with van der Waals surface area (Å²) in [6, 6.07) is 19.0. The van der Waals surface area contributed by atoms with Crippen LogP contribution in [0, 0.1) is 46.3 Å². The Kier molecular flexibility index (Phi) is 9.43. The molecule has 5 heteroatoms. The number of fused-ring (bicyclic) bond motifs is 5. The van der Waals surface area contributed by atoms with Gasteiger partial charge in [0.25, 0.3) is 0 Å². The van der Waals surface area contributed by atoms with E-state index in [4.69, 9.17) is 9.05 Å². The maximum atomic E-state index is 14.3. The maximum Gasteiger partial charge on any atom is 0.486 e. The van der Waals surface area contributed by atoms with Crippen LogP contribution in [-0.2, 0) is 9.09 Å². The van der Waals surface area contributed by atoms with Crippen LogP contribution in [0.3, 0.4) is 0 Å². The zero-order valence-corrected chi connectivity index (χ0v) is 28.7. The van der Waals surface area contributed by atoms with Crippen molar-refractivity contribution in [3.05, 3.63) is 72.3 Å². The molecule has 0 saturated heterocycles. The van der Waals surface area contributed by atoms with Crippen LogP contribution in [-0.4, -0.2) is 6.10 Å². The molecule has 0 aliphatic heterocycles. The largest absolute Gasteiger partial charge is 0.486 e. The molecular weight excluding hydrogens is 561 g/mol. The van der Waals surface area contributed by atoms with Gasteiger partial charge in [-0.1, -0.05) is 102 Å². The summed E-state index contributed by atoms with van der Waals surface area (Å²) in [5.74, 6) is 5.52. The number of anilines is 1. The Balaban J connectivity index is 1.15. The number of para-hydroxylation sites is 2. The van der Waals surface area contributed by atoms with E-state index in [1.54, 1.807) is 5.57 Å². The van der Waals surface area contributed by atoms with Crippen LogP contribution in [0.1, 0.15) is 105 Å². The van der Waals surface area contributed by atoms with Crippen molar-refractivity contribution in [2.45, 2.75) is 111 Å². The van der Waals surface area contributed by atoms with Gasteiger partial charge < -0.3 is 4.52 Å². The second-order valence-electron chi connectivity index (χ2n) is 15.6. The van der Waals surface area contributed by atoms with E-state index in [2.05, 4.69) is 45.8 Å². The average Bonchev–Trinajstić information content (AvgIpc) is 3.35. The second-order valence-corrected chi connectivity index (χ2v) is 17.3. The van der Waals surface area contributed by atoms with Crippen molar-refractivity contribution in [1.29, 1.82) is 0 Å². The van der Waals surface area contributed by atoms with Gasteiger partial charge in [-0.15, -0.1) is 0 Å². The molecule has 3 saturated carbocycles. The van der Waals surface area contributed by atoms with Gasteiger partial charge in [-0.3, -0.25) is 9.61 Å². The van der Waals surface area contributed by atoms with Crippen LogP contribution in [0.15, 0.2) is 72.3 Å². The molecule has 4 aliphatic rings. The lowest BCUT2D eigenvalue weighted by molar-refractivity contribution is -0.0561. The van der Waals surface area contributed by atoms with Gasteiger partial charge in [0.15, 0.2) is 0 Å². The first-order valence-electron chi connectivity index (χ1n) is 17.7. The highest BCUT2D eigenvalue weighted by Crippen LogP contribution is 2.68. The molecule has 4 nitrogen and oxygen atoms in total. The number of benzene rings is 2. The van der Waals surface area contributed by atoms with Crippen molar-refractivity contribution in [3.8, 4) is 5.75 Å². The minimum absolute atomic E-state index is 0.131. The molecule has 2 aromatic carbocycles. The van der Waals surface area contributed by atoms with E-state index in [-0.39, 0.29) is 11.5 Å². The molecule has 2 aromatic rings. The van der Waals surface area contributed by atoms with Gasteiger partial charge >= 0.3 is 7.75 Å². The molecule has 0 heterocycles. The van der Waals surface area contributed by atoms with E-state index in [1.807, 2.05) is 60.7 Å². The first-order valence-corrected chi connectivity index (χ1v) is 19.2. The molecule has 0 amide bonds. The molecule has 4 aliphatic carbocycles. The van der Waals surface area contributed by atoms with E-state index >= 15 is 0 Å². The summed E-state index contributed by atoms with van der Waals surface area (Å²) in [6.07, 6.45) is 16.3. The molecule has 0 spiro atoms. The van der Waals surface area contributed by atoms with Crippen LogP contribution < -0.4 is 9.61 Å². The van der Waals surface area contributed by atoms with Gasteiger partial charge in [0.05, 0.1) is 6.10 Å². The molecule has 44 heavy (non-hydrogen) atoms. The molecule has 9 atom stereocenters. The third kappa shape index (κ3) is 6.46. The predicted molar refractivity (Wildman–Crippen MR) is 183 cm³/mol. The van der Waals surface area contributed by atoms with Crippen molar-refractivity contribution in [3.63, 3.8) is 0 Å². The lowest BCUT2D eigenvalue weighted by atomic mass is 9.47. The first-order chi connectivity index (χ1) is 21.1. The fraction of sp³-hybridized carbons (Fsp3) is 0.641. The van der Waals surface area contributed by atoms with E-state index in [1.165, 1.54) is 51.4 Å². The van der Waals surface area contributed by atoms with Gasteiger partial charge in [0, 0.05) is 5.69 Å². The standard InChI is InChI=1S/C39H56NO3P/c1-28(2)13-12-14-29(3)35-21-22-36-34-20-19-30-27-33(23-25-38(30,4)37(34)24-26-39(35,36)5)43-44(41,40-31-15-8-6-9-16-31)42-32-17-10-7-11-18-32/h6-11,15-19,28-29,33-37H,12-14,20-27H2,1-5H3,(H,40,41)/t29-,33?,34?,35-,36?,37?,38+,39-,44?/m1/s1. The molecule has 1 N–H and O–H groups in total. The lowest BCUT2D eigenvalue weighted by Crippen LogP contribution is -2.51. The smallest absolute Gasteiger partial charge is 0.409 e. The summed E-state index contributed by atoms with van der Waals surface area (Å²) in [5, 5.41) is 3.13. The Bertz CT molecular complexity index is 1280. The molecule has 0 bridgehead atoms. The summed E-state index contributed by atoms with van der Waals surface area (Å²) < 4.78 is 26.8. The van der Waals surface area contributed by atoms with Crippen LogP contribution in [0.4, 0.5) is 5.69 Å². The number of allylic oxidation sites excluding steroid dienone is 1. The average molecular weight is 618 g/mol.